The van der Waals surface area contributed by atoms with E-state index in [0.717, 1.165) is 128 Å². The van der Waals surface area contributed by atoms with E-state index in [-0.39, 0.29) is 32.0 Å². The monoisotopic (exact) mass is 1240 g/mol. The molecule has 0 saturated carbocycles. The Morgan fingerprint density at radius 2 is 0.614 bits per heavy atom. The van der Waals surface area contributed by atoms with Gasteiger partial charge in [-0.1, -0.05) is 280 Å². The van der Waals surface area contributed by atoms with Crippen LogP contribution in [0.15, 0.2) is 182 Å². The molecule has 0 spiro atoms. The number of phosphoric acid groups is 1. The van der Waals surface area contributed by atoms with E-state index < -0.39 is 26.5 Å². The fraction of sp³-hybridized carbons (Fsp3) is 0.590. The lowest BCUT2D eigenvalue weighted by Gasteiger charge is -2.24. The number of quaternary nitrogens is 1. The molecule has 0 amide bonds. The number of unbranched alkanes of at least 4 members (excludes halogenated alkanes) is 17. The molecular formula is C78H127NO8P+. The van der Waals surface area contributed by atoms with Gasteiger partial charge in [0.2, 0.25) is 0 Å². The van der Waals surface area contributed by atoms with Crippen molar-refractivity contribution < 1.29 is 42.1 Å². The van der Waals surface area contributed by atoms with Crippen molar-refractivity contribution in [2.45, 2.75) is 251 Å². The minimum atomic E-state index is -4.42. The number of allylic oxidation sites excluding steroid dienone is 30. The van der Waals surface area contributed by atoms with Crippen molar-refractivity contribution in [1.82, 2.24) is 0 Å². The predicted molar refractivity (Wildman–Crippen MR) is 380 cm³/mol. The molecule has 496 valence electrons. The maximum Gasteiger partial charge on any atom is 0.472 e. The average Bonchev–Trinajstić information content (AvgIpc) is 3.60. The summed E-state index contributed by atoms with van der Waals surface area (Å²) in [5, 5.41) is 0. The Kier molecular flexibility index (Phi) is 62.8. The fourth-order valence-corrected chi connectivity index (χ4v) is 9.46. The summed E-state index contributed by atoms with van der Waals surface area (Å²) in [4.78, 5) is 35.8. The molecular weight excluding hydrogens is 1110 g/mol. The van der Waals surface area contributed by atoms with E-state index in [0.29, 0.717) is 17.4 Å². The van der Waals surface area contributed by atoms with Crippen LogP contribution in [-0.2, 0) is 32.7 Å². The summed E-state index contributed by atoms with van der Waals surface area (Å²) >= 11 is 0. The molecule has 0 aromatic heterocycles. The molecule has 9 nitrogen and oxygen atoms in total. The number of carbonyl (C=O) groups excluding carboxylic acids is 2. The molecule has 2 atom stereocenters. The number of hydrogen-bond donors (Lipinski definition) is 1. The van der Waals surface area contributed by atoms with E-state index in [4.69, 9.17) is 18.5 Å². The summed E-state index contributed by atoms with van der Waals surface area (Å²) in [6.45, 7) is 4.14. The zero-order valence-corrected chi connectivity index (χ0v) is 57.3. The van der Waals surface area contributed by atoms with Gasteiger partial charge in [0.25, 0.3) is 0 Å². The summed E-state index contributed by atoms with van der Waals surface area (Å²) in [6, 6.07) is 0. The molecule has 0 aliphatic heterocycles. The van der Waals surface area contributed by atoms with Crippen LogP contribution in [0.1, 0.15) is 245 Å². The van der Waals surface area contributed by atoms with Crippen molar-refractivity contribution in [1.29, 1.82) is 0 Å². The van der Waals surface area contributed by atoms with Gasteiger partial charge >= 0.3 is 19.8 Å². The molecule has 2 unspecified atom stereocenters. The lowest BCUT2D eigenvalue weighted by Crippen LogP contribution is -2.37. The van der Waals surface area contributed by atoms with Crippen LogP contribution in [0.25, 0.3) is 0 Å². The number of ether oxygens (including phenoxy) is 2. The first-order valence-electron chi connectivity index (χ1n) is 34.5. The van der Waals surface area contributed by atoms with Crippen molar-refractivity contribution in [3.8, 4) is 0 Å². The molecule has 88 heavy (non-hydrogen) atoms. The number of hydrogen-bond acceptors (Lipinski definition) is 7. The third-order valence-electron chi connectivity index (χ3n) is 13.9. The minimum Gasteiger partial charge on any atom is -0.462 e. The molecule has 0 aliphatic rings. The maximum absolute atomic E-state index is 12.8. The number of carbonyl (C=O) groups is 2. The second kappa shape index (κ2) is 66.5. The van der Waals surface area contributed by atoms with E-state index in [1.165, 1.54) is 83.5 Å². The highest BCUT2D eigenvalue weighted by Crippen LogP contribution is 2.43. The molecule has 10 heteroatoms. The zero-order valence-electron chi connectivity index (χ0n) is 56.4. The van der Waals surface area contributed by atoms with Gasteiger partial charge in [-0.25, -0.2) is 4.57 Å². The van der Waals surface area contributed by atoms with Gasteiger partial charge in [-0.3, -0.25) is 18.6 Å². The normalized spacial score (nSPS) is 14.3. The Morgan fingerprint density at radius 1 is 0.352 bits per heavy atom. The van der Waals surface area contributed by atoms with Crippen molar-refractivity contribution >= 4 is 19.8 Å². The van der Waals surface area contributed by atoms with Crippen LogP contribution in [-0.4, -0.2) is 74.9 Å². The van der Waals surface area contributed by atoms with E-state index in [2.05, 4.69) is 196 Å². The van der Waals surface area contributed by atoms with Crippen LogP contribution in [0.3, 0.4) is 0 Å². The number of esters is 2. The van der Waals surface area contributed by atoms with Gasteiger partial charge in [0.05, 0.1) is 27.7 Å². The van der Waals surface area contributed by atoms with Gasteiger partial charge in [-0.05, 0) is 135 Å². The standard InChI is InChI=1S/C78H126NO8P/c1-6-8-10-12-14-16-18-20-22-24-26-28-30-32-34-35-36-37-38-39-40-41-42-43-45-46-48-50-52-54-56-58-60-62-64-66-68-70-77(80)84-74-76(75-86-88(82,83)85-73-72-79(3,4)5)87-78(81)71-69-67-65-63-61-59-57-55-53-51-49-47-44-33-31-29-27-25-23-21-19-17-15-13-11-9-7-2/h8-11,14-17,20-23,26-29,32-34,36-37,39-40,44,49,51,55,57,61,63,76H,6-7,12-13,18-19,24-25,30-31,35,38,41-43,45-48,50,52-54,56,58-60,62,64-75H2,1-5H3/p+1/b10-8-,11-9-,16-14-,17-15-,22-20-,23-21-,28-26-,29-27-,34-32-,37-36-,40-39-,44-33-,51-49-,57-55-,63-61-. The SMILES string of the molecule is CC/C=C\C/C=C\C/C=C\C/C=C\C/C=C\C/C=C\C/C=C\C/C=C\CCCCC(=O)OC(COC(=O)CCCCCCCCCCCCCCCCC/C=C\C/C=C\C/C=C\C/C=C\C/C=C\C/C=C\C/C=C\CC)COP(=O)(O)OCC[N+](C)(C)C. The summed E-state index contributed by atoms with van der Waals surface area (Å²) in [5.74, 6) is -0.859. The Morgan fingerprint density at radius 3 is 0.932 bits per heavy atom. The van der Waals surface area contributed by atoms with E-state index in [1.807, 2.05) is 21.1 Å². The molecule has 0 bridgehead atoms. The third kappa shape index (κ3) is 70.2. The molecule has 0 aliphatic carbocycles. The highest BCUT2D eigenvalue weighted by molar-refractivity contribution is 7.47. The number of nitrogens with zero attached hydrogens (tertiary/aromatic N) is 1. The Bertz CT molecular complexity index is 2140. The van der Waals surface area contributed by atoms with Gasteiger partial charge in [0.15, 0.2) is 6.10 Å². The van der Waals surface area contributed by atoms with Gasteiger partial charge in [0, 0.05) is 12.8 Å². The lowest BCUT2D eigenvalue weighted by atomic mass is 10.0. The van der Waals surface area contributed by atoms with Gasteiger partial charge in [-0.2, -0.15) is 0 Å². The van der Waals surface area contributed by atoms with Crippen LogP contribution >= 0.6 is 7.82 Å². The summed E-state index contributed by atoms with van der Waals surface area (Å²) in [5.41, 5.74) is 0. The average molecular weight is 1240 g/mol. The van der Waals surface area contributed by atoms with Crippen LogP contribution < -0.4 is 0 Å². The maximum atomic E-state index is 12.8. The number of phosphoric ester groups is 1. The molecule has 0 aromatic rings. The highest BCUT2D eigenvalue weighted by atomic mass is 31.2. The van der Waals surface area contributed by atoms with Gasteiger partial charge in [0.1, 0.15) is 19.8 Å². The van der Waals surface area contributed by atoms with Crippen molar-refractivity contribution in [3.63, 3.8) is 0 Å². The topological polar surface area (TPSA) is 108 Å². The van der Waals surface area contributed by atoms with Crippen molar-refractivity contribution in [3.05, 3.63) is 182 Å². The van der Waals surface area contributed by atoms with Crippen LogP contribution in [0.4, 0.5) is 0 Å². The largest absolute Gasteiger partial charge is 0.472 e. The molecule has 0 radical (unpaired) electrons. The van der Waals surface area contributed by atoms with E-state index in [1.54, 1.807) is 0 Å². The summed E-state index contributed by atoms with van der Waals surface area (Å²) in [7, 11) is 1.43. The first-order valence-corrected chi connectivity index (χ1v) is 36.0. The second-order valence-corrected chi connectivity index (χ2v) is 24.9. The first-order chi connectivity index (χ1) is 43.0. The predicted octanol–water partition coefficient (Wildman–Crippen LogP) is 22.7. The lowest BCUT2D eigenvalue weighted by molar-refractivity contribution is -0.870. The molecule has 0 fully saturated rings. The highest BCUT2D eigenvalue weighted by Gasteiger charge is 2.27. The van der Waals surface area contributed by atoms with Crippen LogP contribution in [0.2, 0.25) is 0 Å². The third-order valence-corrected chi connectivity index (χ3v) is 14.9. The second-order valence-electron chi connectivity index (χ2n) is 23.4. The molecule has 0 saturated heterocycles. The first kappa shape index (κ1) is 83.1. The van der Waals surface area contributed by atoms with E-state index in [9.17, 15) is 19.0 Å². The number of rotatable bonds is 61. The Labute approximate surface area is 540 Å². The van der Waals surface area contributed by atoms with Crippen molar-refractivity contribution in [2.24, 2.45) is 0 Å². The summed E-state index contributed by atoms with van der Waals surface area (Å²) in [6.07, 6.45) is 103. The number of likely N-dealkylation sites (N-methyl/N-ethyl adjacent to an activating group) is 1. The molecule has 0 rings (SSSR count). The van der Waals surface area contributed by atoms with E-state index >= 15 is 0 Å². The molecule has 0 heterocycles. The molecule has 1 N–H and O–H groups in total. The van der Waals surface area contributed by atoms with Crippen molar-refractivity contribution in [2.75, 3.05) is 47.5 Å². The Hall–Kier alpha value is -4.89. The minimum absolute atomic E-state index is 0.0137. The quantitative estimate of drug-likeness (QED) is 0.0211. The van der Waals surface area contributed by atoms with Gasteiger partial charge < -0.3 is 18.9 Å². The zero-order chi connectivity index (χ0) is 64.1. The molecule has 0 aromatic carbocycles. The fourth-order valence-electron chi connectivity index (χ4n) is 8.72. The Balaban J connectivity index is 4.15. The summed E-state index contributed by atoms with van der Waals surface area (Å²) < 4.78 is 34.6. The smallest absolute Gasteiger partial charge is 0.462 e. The van der Waals surface area contributed by atoms with Crippen LogP contribution in [0.5, 0.6) is 0 Å². The van der Waals surface area contributed by atoms with Gasteiger partial charge in [-0.15, -0.1) is 0 Å². The van der Waals surface area contributed by atoms with Crippen LogP contribution in [0, 0.1) is 0 Å².